The van der Waals surface area contributed by atoms with E-state index in [1.165, 1.54) is 77.0 Å². The molecule has 0 heterocycles. The van der Waals surface area contributed by atoms with Crippen molar-refractivity contribution < 1.29 is 28.6 Å². The molecule has 0 aliphatic carbocycles. The van der Waals surface area contributed by atoms with E-state index in [-0.39, 0.29) is 31.1 Å². The summed E-state index contributed by atoms with van der Waals surface area (Å²) in [5.74, 6) is -0.962. The normalized spacial score (nSPS) is 13.0. The van der Waals surface area contributed by atoms with Gasteiger partial charge in [0.25, 0.3) is 0 Å². The Balaban J connectivity index is 4.32. The van der Waals surface area contributed by atoms with Crippen LogP contribution in [0.4, 0.5) is 0 Å². The predicted molar refractivity (Wildman–Crippen MR) is 297 cm³/mol. The number of rotatable bonds is 49. The summed E-state index contributed by atoms with van der Waals surface area (Å²) in [5.41, 5.74) is 0. The Bertz CT molecular complexity index is 1470. The average Bonchev–Trinajstić information content (AvgIpc) is 3.35. The number of unbranched alkanes of at least 4 members (excludes halogenated alkanes) is 18. The van der Waals surface area contributed by atoms with Crippen molar-refractivity contribution in [3.8, 4) is 0 Å². The van der Waals surface area contributed by atoms with Crippen molar-refractivity contribution in [3.63, 3.8) is 0 Å². The summed E-state index contributed by atoms with van der Waals surface area (Å²) >= 11 is 0. The topological polar surface area (TPSA) is 78.9 Å². The van der Waals surface area contributed by atoms with E-state index >= 15 is 0 Å². The van der Waals surface area contributed by atoms with Gasteiger partial charge in [-0.05, 0) is 116 Å². The Kier molecular flexibility index (Phi) is 53.0. The number of ether oxygens (including phenoxy) is 3. The fraction of sp³-hybridized carbons (Fsp3) is 0.635. The van der Waals surface area contributed by atoms with Crippen LogP contribution in [0.3, 0.4) is 0 Å². The highest BCUT2D eigenvalue weighted by molar-refractivity contribution is 5.71. The molecule has 0 aromatic heterocycles. The van der Waals surface area contributed by atoms with Crippen molar-refractivity contribution in [1.29, 1.82) is 0 Å². The van der Waals surface area contributed by atoms with Crippen molar-refractivity contribution >= 4 is 17.9 Å². The molecule has 0 aliphatic heterocycles. The van der Waals surface area contributed by atoms with E-state index in [1.54, 1.807) is 0 Å². The second-order valence-electron chi connectivity index (χ2n) is 18.1. The van der Waals surface area contributed by atoms with E-state index in [0.717, 1.165) is 116 Å². The highest BCUT2D eigenvalue weighted by atomic mass is 16.6. The molecule has 0 saturated carbocycles. The summed E-state index contributed by atoms with van der Waals surface area (Å²) in [5, 5.41) is 0. The monoisotopic (exact) mass is 955 g/mol. The van der Waals surface area contributed by atoms with Crippen molar-refractivity contribution in [3.05, 3.63) is 122 Å². The van der Waals surface area contributed by atoms with Crippen LogP contribution in [0.1, 0.15) is 239 Å². The Morgan fingerprint density at radius 3 is 0.942 bits per heavy atom. The number of esters is 3. The van der Waals surface area contributed by atoms with Gasteiger partial charge in [0.1, 0.15) is 13.2 Å². The van der Waals surface area contributed by atoms with Crippen LogP contribution >= 0.6 is 0 Å². The van der Waals surface area contributed by atoms with Crippen LogP contribution in [0, 0.1) is 0 Å². The van der Waals surface area contributed by atoms with Crippen LogP contribution in [0.5, 0.6) is 0 Å². The minimum absolute atomic E-state index is 0.0973. The van der Waals surface area contributed by atoms with Crippen LogP contribution < -0.4 is 0 Å². The van der Waals surface area contributed by atoms with E-state index in [2.05, 4.69) is 142 Å². The van der Waals surface area contributed by atoms with E-state index in [1.807, 2.05) is 0 Å². The maximum Gasteiger partial charge on any atom is 0.306 e. The van der Waals surface area contributed by atoms with Crippen molar-refractivity contribution in [2.45, 2.75) is 245 Å². The van der Waals surface area contributed by atoms with E-state index < -0.39 is 6.10 Å². The molecule has 0 saturated heterocycles. The molecule has 0 aromatic rings. The lowest BCUT2D eigenvalue weighted by Crippen LogP contribution is -2.30. The van der Waals surface area contributed by atoms with Crippen molar-refractivity contribution in [2.24, 2.45) is 0 Å². The fourth-order valence-electron chi connectivity index (χ4n) is 7.25. The fourth-order valence-corrected chi connectivity index (χ4v) is 7.25. The molecule has 6 nitrogen and oxygen atoms in total. The smallest absolute Gasteiger partial charge is 0.306 e. The van der Waals surface area contributed by atoms with Gasteiger partial charge in [-0.3, -0.25) is 14.4 Å². The first-order valence-electron chi connectivity index (χ1n) is 28.0. The summed E-state index contributed by atoms with van der Waals surface area (Å²) in [7, 11) is 0. The molecule has 6 heteroatoms. The average molecular weight is 956 g/mol. The van der Waals surface area contributed by atoms with Gasteiger partial charge in [0.05, 0.1) is 0 Å². The number of carbonyl (C=O) groups excluding carboxylic acids is 3. The van der Waals surface area contributed by atoms with Gasteiger partial charge in [-0.1, -0.05) is 226 Å². The SMILES string of the molecule is CC/C=C\C/C=C\C/C=C\C/C=C\C/C=C\C/C=C\C/C=C\C/C=C\CCCCC(=O)OCC(COC(=O)CCCCCCCCC)OC(=O)CCCCCCCCC/C=C\C/C=C\CCCCC. The zero-order valence-corrected chi connectivity index (χ0v) is 44.5. The maximum absolute atomic E-state index is 12.8. The molecule has 69 heavy (non-hydrogen) atoms. The Labute approximate surface area is 424 Å². The van der Waals surface area contributed by atoms with Crippen molar-refractivity contribution in [1.82, 2.24) is 0 Å². The summed E-state index contributed by atoms with van der Waals surface area (Å²) in [6, 6.07) is 0. The summed E-state index contributed by atoms with van der Waals surface area (Å²) in [4.78, 5) is 37.9. The molecule has 0 spiro atoms. The van der Waals surface area contributed by atoms with Gasteiger partial charge in [0.2, 0.25) is 0 Å². The minimum Gasteiger partial charge on any atom is -0.462 e. The molecule has 0 radical (unpaired) electrons. The van der Waals surface area contributed by atoms with Gasteiger partial charge >= 0.3 is 17.9 Å². The lowest BCUT2D eigenvalue weighted by molar-refractivity contribution is -0.167. The van der Waals surface area contributed by atoms with Crippen LogP contribution in [0.15, 0.2) is 122 Å². The van der Waals surface area contributed by atoms with Gasteiger partial charge in [-0.25, -0.2) is 0 Å². The van der Waals surface area contributed by atoms with Crippen LogP contribution in [0.2, 0.25) is 0 Å². The number of hydrogen-bond acceptors (Lipinski definition) is 6. The Morgan fingerprint density at radius 1 is 0.304 bits per heavy atom. The third-order valence-electron chi connectivity index (χ3n) is 11.5. The number of hydrogen-bond donors (Lipinski definition) is 0. The minimum atomic E-state index is -0.800. The third-order valence-corrected chi connectivity index (χ3v) is 11.5. The first kappa shape index (κ1) is 64.8. The molecule has 0 fully saturated rings. The molecule has 1 atom stereocenters. The molecule has 0 amide bonds. The molecule has 0 bridgehead atoms. The molecule has 0 rings (SSSR count). The standard InChI is InChI=1S/C63H102O6/c1-4-7-10-13-16-18-20-22-24-26-27-28-29-30-31-32-33-34-35-37-38-40-42-44-47-50-53-56-62(65)68-59-60(58-67-61(64)55-52-49-46-15-12-9-6-3)69-63(66)57-54-51-48-45-43-41-39-36-25-23-21-19-17-14-11-8-5-2/h7,10,16-19,22-25,27-28,30-31,33-34,37-38,42,44,60H,4-6,8-9,11-15,20-21,26,29,32,35-36,39-41,43,45-59H2,1-3H3/b10-7-,18-16-,19-17-,24-22-,25-23-,28-27-,31-30-,34-33-,38-37-,44-42-. The maximum atomic E-state index is 12.8. The first-order chi connectivity index (χ1) is 34.0. The molecule has 0 aromatic carbocycles. The molecule has 0 aliphatic rings. The Morgan fingerprint density at radius 2 is 0.565 bits per heavy atom. The lowest BCUT2D eigenvalue weighted by atomic mass is 10.1. The zero-order valence-electron chi connectivity index (χ0n) is 44.5. The van der Waals surface area contributed by atoms with Gasteiger partial charge < -0.3 is 14.2 Å². The van der Waals surface area contributed by atoms with E-state index in [4.69, 9.17) is 14.2 Å². The van der Waals surface area contributed by atoms with E-state index in [9.17, 15) is 14.4 Å². The first-order valence-corrected chi connectivity index (χ1v) is 28.0. The van der Waals surface area contributed by atoms with Crippen LogP contribution in [-0.4, -0.2) is 37.2 Å². The quantitative estimate of drug-likeness (QED) is 0.0262. The lowest BCUT2D eigenvalue weighted by Gasteiger charge is -2.18. The summed E-state index contributed by atoms with van der Waals surface area (Å²) in [6.45, 7) is 6.40. The molecular weight excluding hydrogens is 853 g/mol. The van der Waals surface area contributed by atoms with Gasteiger partial charge in [-0.2, -0.15) is 0 Å². The molecule has 1 unspecified atom stereocenters. The zero-order chi connectivity index (χ0) is 50.0. The molecule has 0 N–H and O–H groups in total. The second kappa shape index (κ2) is 56.4. The summed E-state index contributed by atoms with van der Waals surface area (Å²) in [6.07, 6.45) is 77.8. The van der Waals surface area contributed by atoms with Crippen LogP contribution in [0.25, 0.3) is 0 Å². The highest BCUT2D eigenvalue weighted by Crippen LogP contribution is 2.13. The Hall–Kier alpha value is -4.19. The second-order valence-corrected chi connectivity index (χ2v) is 18.1. The van der Waals surface area contributed by atoms with Gasteiger partial charge in [0, 0.05) is 19.3 Å². The molecular formula is C63H102O6. The largest absolute Gasteiger partial charge is 0.462 e. The van der Waals surface area contributed by atoms with Gasteiger partial charge in [0.15, 0.2) is 6.10 Å². The van der Waals surface area contributed by atoms with E-state index in [0.29, 0.717) is 25.7 Å². The number of allylic oxidation sites excluding steroid dienone is 20. The van der Waals surface area contributed by atoms with Crippen LogP contribution in [-0.2, 0) is 28.6 Å². The predicted octanol–water partition coefficient (Wildman–Crippen LogP) is 18.9. The number of carbonyl (C=O) groups is 3. The molecule has 390 valence electrons. The third kappa shape index (κ3) is 54.6. The highest BCUT2D eigenvalue weighted by Gasteiger charge is 2.19. The summed E-state index contributed by atoms with van der Waals surface area (Å²) < 4.78 is 16.7. The van der Waals surface area contributed by atoms with Crippen molar-refractivity contribution in [2.75, 3.05) is 13.2 Å². The van der Waals surface area contributed by atoms with Gasteiger partial charge in [-0.15, -0.1) is 0 Å².